The molecule has 3 rings (SSSR count). The molecule has 0 N–H and O–H groups in total. The Kier molecular flexibility index (Phi) is 4.09. The van der Waals surface area contributed by atoms with Crippen LogP contribution in [0.4, 0.5) is 0 Å². The van der Waals surface area contributed by atoms with Gasteiger partial charge in [-0.1, -0.05) is 18.2 Å². The van der Waals surface area contributed by atoms with Crippen molar-refractivity contribution in [1.29, 1.82) is 0 Å². The quantitative estimate of drug-likeness (QED) is 0.655. The molecule has 0 atom stereocenters. The Bertz CT molecular complexity index is 787. The molecular formula is C16H16N2O4. The van der Waals surface area contributed by atoms with Crippen molar-refractivity contribution in [2.75, 3.05) is 6.61 Å². The molecule has 3 aromatic rings. The molecule has 0 aliphatic heterocycles. The molecule has 6 nitrogen and oxygen atoms in total. The zero-order valence-electron chi connectivity index (χ0n) is 12.2. The molecular weight excluding hydrogens is 284 g/mol. The summed E-state index contributed by atoms with van der Waals surface area (Å²) in [4.78, 5) is 11.7. The van der Waals surface area contributed by atoms with E-state index < -0.39 is 5.76 Å². The highest BCUT2D eigenvalue weighted by molar-refractivity contribution is 5.42. The summed E-state index contributed by atoms with van der Waals surface area (Å²) in [7, 11) is 0. The number of hydrogen-bond donors (Lipinski definition) is 0. The van der Waals surface area contributed by atoms with Crippen LogP contribution in [0.2, 0.25) is 0 Å². The van der Waals surface area contributed by atoms with E-state index in [9.17, 15) is 4.79 Å². The Hall–Kier alpha value is -2.76. The van der Waals surface area contributed by atoms with Crippen LogP contribution in [-0.2, 0) is 6.54 Å². The minimum atomic E-state index is -0.498. The monoisotopic (exact) mass is 300 g/mol. The van der Waals surface area contributed by atoms with Crippen molar-refractivity contribution in [3.63, 3.8) is 0 Å². The molecule has 0 radical (unpaired) electrons. The van der Waals surface area contributed by atoms with Gasteiger partial charge in [0.2, 0.25) is 0 Å². The summed E-state index contributed by atoms with van der Waals surface area (Å²) in [6.45, 7) is 2.92. The molecule has 6 heteroatoms. The molecule has 0 unspecified atom stereocenters. The summed E-state index contributed by atoms with van der Waals surface area (Å²) in [5.74, 6) is 0.982. The van der Waals surface area contributed by atoms with Gasteiger partial charge in [-0.05, 0) is 30.7 Å². The van der Waals surface area contributed by atoms with Crippen LogP contribution in [0.15, 0.2) is 56.3 Å². The minimum Gasteiger partial charge on any atom is -0.493 e. The van der Waals surface area contributed by atoms with Crippen LogP contribution < -0.4 is 10.5 Å². The molecule has 1 aromatic carbocycles. The highest BCUT2D eigenvalue weighted by Crippen LogP contribution is 2.17. The molecule has 0 aliphatic rings. The van der Waals surface area contributed by atoms with E-state index in [2.05, 4.69) is 5.10 Å². The smallest absolute Gasteiger partial charge is 0.437 e. The number of hydrogen-bond acceptors (Lipinski definition) is 5. The maximum atomic E-state index is 11.7. The first-order valence-electron chi connectivity index (χ1n) is 7.04. The Labute approximate surface area is 126 Å². The lowest BCUT2D eigenvalue weighted by Gasteiger charge is -2.07. The van der Waals surface area contributed by atoms with Crippen molar-refractivity contribution in [2.45, 2.75) is 19.9 Å². The van der Waals surface area contributed by atoms with Crippen LogP contribution in [0.25, 0.3) is 11.7 Å². The van der Waals surface area contributed by atoms with Gasteiger partial charge in [-0.2, -0.15) is 4.68 Å². The minimum absolute atomic E-state index is 0.190. The van der Waals surface area contributed by atoms with Gasteiger partial charge in [0, 0.05) is 6.42 Å². The lowest BCUT2D eigenvalue weighted by Crippen LogP contribution is -2.17. The summed E-state index contributed by atoms with van der Waals surface area (Å²) in [6.07, 6.45) is 2.16. The largest absolute Gasteiger partial charge is 0.493 e. The number of aromatic nitrogens is 2. The van der Waals surface area contributed by atoms with Gasteiger partial charge in [0.05, 0.1) is 19.4 Å². The predicted octanol–water partition coefficient (Wildman–Crippen LogP) is 2.87. The Balaban J connectivity index is 1.56. The van der Waals surface area contributed by atoms with Crippen molar-refractivity contribution in [3.8, 4) is 17.4 Å². The van der Waals surface area contributed by atoms with Crippen LogP contribution >= 0.6 is 0 Å². The van der Waals surface area contributed by atoms with Crippen LogP contribution in [0.3, 0.4) is 0 Å². The first kappa shape index (κ1) is 14.2. The SMILES string of the molecule is Cc1ccccc1OCCCn1nc(-c2ccco2)oc1=O. The van der Waals surface area contributed by atoms with Crippen LogP contribution in [-0.4, -0.2) is 16.4 Å². The number of ether oxygens (including phenoxy) is 1. The third-order valence-corrected chi connectivity index (χ3v) is 3.20. The highest BCUT2D eigenvalue weighted by Gasteiger charge is 2.12. The lowest BCUT2D eigenvalue weighted by atomic mass is 10.2. The van der Waals surface area contributed by atoms with Gasteiger partial charge in [-0.15, -0.1) is 5.10 Å². The molecule has 22 heavy (non-hydrogen) atoms. The number of benzene rings is 1. The fourth-order valence-electron chi connectivity index (χ4n) is 2.06. The maximum Gasteiger partial charge on any atom is 0.437 e. The van der Waals surface area contributed by atoms with E-state index in [0.29, 0.717) is 25.3 Å². The number of furan rings is 1. The fraction of sp³-hybridized carbons (Fsp3) is 0.250. The van der Waals surface area contributed by atoms with Crippen molar-refractivity contribution in [2.24, 2.45) is 0 Å². The second kappa shape index (κ2) is 6.34. The van der Waals surface area contributed by atoms with Crippen molar-refractivity contribution >= 4 is 0 Å². The summed E-state index contributed by atoms with van der Waals surface area (Å²) in [5.41, 5.74) is 1.08. The average molecular weight is 300 g/mol. The van der Waals surface area contributed by atoms with Crippen molar-refractivity contribution < 1.29 is 13.6 Å². The third kappa shape index (κ3) is 3.11. The number of nitrogens with zero attached hydrogens (tertiary/aromatic N) is 2. The first-order chi connectivity index (χ1) is 10.7. The van der Waals surface area contributed by atoms with E-state index in [0.717, 1.165) is 11.3 Å². The van der Waals surface area contributed by atoms with Gasteiger partial charge in [0.15, 0.2) is 5.76 Å². The molecule has 0 saturated carbocycles. The van der Waals surface area contributed by atoms with Gasteiger partial charge in [-0.25, -0.2) is 4.79 Å². The lowest BCUT2D eigenvalue weighted by molar-refractivity contribution is 0.294. The molecule has 0 spiro atoms. The zero-order chi connectivity index (χ0) is 15.4. The number of rotatable bonds is 6. The normalized spacial score (nSPS) is 10.8. The predicted molar refractivity (Wildman–Crippen MR) is 79.8 cm³/mol. The second-order valence-corrected chi connectivity index (χ2v) is 4.84. The van der Waals surface area contributed by atoms with E-state index in [-0.39, 0.29) is 5.89 Å². The number of para-hydroxylation sites is 1. The second-order valence-electron chi connectivity index (χ2n) is 4.84. The molecule has 2 aromatic heterocycles. The van der Waals surface area contributed by atoms with Crippen LogP contribution in [0.1, 0.15) is 12.0 Å². The standard InChI is InChI=1S/C16H16N2O4/c1-12-6-2-3-7-13(12)20-11-5-9-18-16(19)22-15(17-18)14-8-4-10-21-14/h2-4,6-8,10H,5,9,11H2,1H3. The van der Waals surface area contributed by atoms with E-state index in [1.807, 2.05) is 31.2 Å². The van der Waals surface area contributed by atoms with Crippen LogP contribution in [0.5, 0.6) is 5.75 Å². The van der Waals surface area contributed by atoms with E-state index in [4.69, 9.17) is 13.6 Å². The third-order valence-electron chi connectivity index (χ3n) is 3.20. The summed E-state index contributed by atoms with van der Waals surface area (Å²) < 4.78 is 17.2. The molecule has 0 bridgehead atoms. The molecule has 0 saturated heterocycles. The highest BCUT2D eigenvalue weighted by atomic mass is 16.5. The van der Waals surface area contributed by atoms with Crippen molar-refractivity contribution in [3.05, 3.63) is 58.8 Å². The van der Waals surface area contributed by atoms with Gasteiger partial charge < -0.3 is 13.6 Å². The van der Waals surface area contributed by atoms with Crippen LogP contribution in [0, 0.1) is 6.92 Å². The van der Waals surface area contributed by atoms with Gasteiger partial charge in [0.1, 0.15) is 5.75 Å². The van der Waals surface area contributed by atoms with E-state index in [1.165, 1.54) is 10.9 Å². The maximum absolute atomic E-state index is 11.7. The Morgan fingerprint density at radius 1 is 1.23 bits per heavy atom. The number of aryl methyl sites for hydroxylation is 2. The Morgan fingerprint density at radius 3 is 2.86 bits per heavy atom. The molecule has 0 amide bonds. The molecule has 0 aliphatic carbocycles. The summed E-state index contributed by atoms with van der Waals surface area (Å²) >= 11 is 0. The topological polar surface area (TPSA) is 70.4 Å². The van der Waals surface area contributed by atoms with Crippen molar-refractivity contribution in [1.82, 2.24) is 9.78 Å². The zero-order valence-corrected chi connectivity index (χ0v) is 12.2. The fourth-order valence-corrected chi connectivity index (χ4v) is 2.06. The van der Waals surface area contributed by atoms with Gasteiger partial charge in [-0.3, -0.25) is 0 Å². The molecule has 114 valence electrons. The Morgan fingerprint density at radius 2 is 2.09 bits per heavy atom. The van der Waals surface area contributed by atoms with E-state index >= 15 is 0 Å². The summed E-state index contributed by atoms with van der Waals surface area (Å²) in [5, 5.41) is 4.10. The van der Waals surface area contributed by atoms with E-state index in [1.54, 1.807) is 12.1 Å². The first-order valence-corrected chi connectivity index (χ1v) is 7.04. The molecule has 2 heterocycles. The average Bonchev–Trinajstić information content (AvgIpc) is 3.15. The molecule has 0 fully saturated rings. The van der Waals surface area contributed by atoms with Gasteiger partial charge in [0.25, 0.3) is 5.89 Å². The van der Waals surface area contributed by atoms with Gasteiger partial charge >= 0.3 is 5.76 Å². The summed E-state index contributed by atoms with van der Waals surface area (Å²) in [6, 6.07) is 11.2.